The Balaban J connectivity index is 0.886. The summed E-state index contributed by atoms with van der Waals surface area (Å²) in [4.78, 5) is 19.8. The molecule has 0 N–H and O–H groups in total. The zero-order chi connectivity index (χ0) is 42.8. The lowest BCUT2D eigenvalue weighted by Crippen LogP contribution is -2.00. The first-order chi connectivity index (χ1) is 32.2. The zero-order valence-corrected chi connectivity index (χ0v) is 35.6. The van der Waals surface area contributed by atoms with Crippen LogP contribution in [0.5, 0.6) is 0 Å². The van der Waals surface area contributed by atoms with Crippen molar-refractivity contribution in [2.45, 2.75) is 0 Å². The molecule has 7 heteroatoms. The van der Waals surface area contributed by atoms with Crippen LogP contribution in [0.4, 0.5) is 0 Å². The van der Waals surface area contributed by atoms with Gasteiger partial charge < -0.3 is 8.98 Å². The summed E-state index contributed by atoms with van der Waals surface area (Å²) in [5.74, 6) is 2.33. The molecule has 0 radical (unpaired) electrons. The number of benzene rings is 9. The molecule has 4 aromatic heterocycles. The smallest absolute Gasteiger partial charge is 0.227 e. The lowest BCUT2D eigenvalue weighted by atomic mass is 9.99. The summed E-state index contributed by atoms with van der Waals surface area (Å²) in [6, 6.07) is 74.1. The molecular formula is C58H35N5OS. The number of aromatic nitrogens is 5. The maximum Gasteiger partial charge on any atom is 0.227 e. The molecule has 0 amide bonds. The molecule has 13 rings (SSSR count). The van der Waals surface area contributed by atoms with E-state index in [-0.39, 0.29) is 0 Å². The summed E-state index contributed by atoms with van der Waals surface area (Å²) >= 11 is 1.89. The standard InChI is InChI=1S/C58H35N5OS/c1-4-15-36(16-5-1)43-24-13-26-46-47-27-14-25-44(54(47)65-53(43)46)39-29-31-51-48(34-39)45-23-10-11-28-50(45)63(51)42-22-12-21-41(33-42)58-59-49-35-40(30-32-52(49)64-58)57-61-55(37-17-6-2-7-18-37)60-56(62-57)38-19-8-3-9-20-38/h1-35H. The second kappa shape index (κ2) is 15.1. The highest BCUT2D eigenvalue weighted by molar-refractivity contribution is 7.26. The van der Waals surface area contributed by atoms with Crippen molar-refractivity contribution >= 4 is 64.4 Å². The van der Waals surface area contributed by atoms with Crippen molar-refractivity contribution in [3.05, 3.63) is 212 Å². The second-order valence-electron chi connectivity index (χ2n) is 16.2. The highest BCUT2D eigenvalue weighted by Gasteiger charge is 2.19. The summed E-state index contributed by atoms with van der Waals surface area (Å²) in [7, 11) is 0. The van der Waals surface area contributed by atoms with Crippen molar-refractivity contribution < 1.29 is 4.42 Å². The largest absolute Gasteiger partial charge is 0.436 e. The molecule has 4 heterocycles. The molecule has 0 saturated heterocycles. The molecule has 9 aromatic carbocycles. The Morgan fingerprint density at radius 1 is 0.354 bits per heavy atom. The molecule has 13 aromatic rings. The SMILES string of the molecule is c1ccc(-c2nc(-c3ccccc3)nc(-c3ccc4oc(-c5cccc(-n6c7ccccc7c7cc(-c8cccc9c8sc8c(-c%10ccccc%10)cccc89)ccc76)c5)nc4c3)n2)cc1. The number of hydrogen-bond donors (Lipinski definition) is 0. The molecule has 0 fully saturated rings. The number of oxazole rings is 1. The first-order valence-corrected chi connectivity index (χ1v) is 22.4. The summed E-state index contributed by atoms with van der Waals surface area (Å²) in [6.45, 7) is 0. The lowest BCUT2D eigenvalue weighted by Gasteiger charge is -2.10. The van der Waals surface area contributed by atoms with Crippen LogP contribution < -0.4 is 0 Å². The first-order valence-electron chi connectivity index (χ1n) is 21.6. The van der Waals surface area contributed by atoms with Crippen molar-refractivity contribution in [2.75, 3.05) is 0 Å². The number of nitrogens with zero attached hydrogens (tertiary/aromatic N) is 5. The average Bonchev–Trinajstić information content (AvgIpc) is 4.09. The van der Waals surface area contributed by atoms with Crippen LogP contribution in [0.2, 0.25) is 0 Å². The number of fused-ring (bicyclic) bond motifs is 7. The molecule has 0 bridgehead atoms. The second-order valence-corrected chi connectivity index (χ2v) is 17.2. The van der Waals surface area contributed by atoms with Crippen LogP contribution >= 0.6 is 11.3 Å². The van der Waals surface area contributed by atoms with Crippen LogP contribution in [0, 0.1) is 0 Å². The molecule has 0 spiro atoms. The Bertz CT molecular complexity index is 3890. The van der Waals surface area contributed by atoms with E-state index < -0.39 is 0 Å². The Morgan fingerprint density at radius 2 is 0.892 bits per heavy atom. The Kier molecular flexibility index (Phi) is 8.60. The summed E-state index contributed by atoms with van der Waals surface area (Å²) in [6.07, 6.45) is 0. The van der Waals surface area contributed by atoms with Crippen molar-refractivity contribution in [3.63, 3.8) is 0 Å². The Morgan fingerprint density at radius 3 is 1.58 bits per heavy atom. The highest BCUT2D eigenvalue weighted by Crippen LogP contribution is 2.45. The Labute approximate surface area is 377 Å². The van der Waals surface area contributed by atoms with Gasteiger partial charge in [-0.3, -0.25) is 0 Å². The van der Waals surface area contributed by atoms with E-state index in [9.17, 15) is 0 Å². The third-order valence-corrected chi connectivity index (χ3v) is 13.6. The fourth-order valence-corrected chi connectivity index (χ4v) is 10.6. The highest BCUT2D eigenvalue weighted by atomic mass is 32.1. The topological polar surface area (TPSA) is 69.6 Å². The van der Waals surface area contributed by atoms with Crippen LogP contribution in [-0.4, -0.2) is 24.5 Å². The zero-order valence-electron chi connectivity index (χ0n) is 34.8. The predicted molar refractivity (Wildman–Crippen MR) is 267 cm³/mol. The molecule has 0 aliphatic carbocycles. The van der Waals surface area contributed by atoms with Gasteiger partial charge in [-0.25, -0.2) is 19.9 Å². The van der Waals surface area contributed by atoms with Gasteiger partial charge in [-0.15, -0.1) is 11.3 Å². The van der Waals surface area contributed by atoms with Crippen molar-refractivity contribution in [1.29, 1.82) is 0 Å². The monoisotopic (exact) mass is 849 g/mol. The van der Waals surface area contributed by atoms with Gasteiger partial charge in [0, 0.05) is 58.9 Å². The third kappa shape index (κ3) is 6.32. The number of thiophene rings is 1. The van der Waals surface area contributed by atoms with Gasteiger partial charge in [0.05, 0.1) is 11.0 Å². The minimum atomic E-state index is 0.541. The van der Waals surface area contributed by atoms with Crippen LogP contribution in [0.3, 0.4) is 0 Å². The minimum Gasteiger partial charge on any atom is -0.436 e. The first kappa shape index (κ1) is 37.1. The van der Waals surface area contributed by atoms with E-state index in [4.69, 9.17) is 24.4 Å². The molecule has 0 aliphatic rings. The van der Waals surface area contributed by atoms with E-state index in [0.717, 1.165) is 44.5 Å². The van der Waals surface area contributed by atoms with Gasteiger partial charge in [-0.05, 0) is 76.9 Å². The van der Waals surface area contributed by atoms with Crippen molar-refractivity contribution in [2.24, 2.45) is 0 Å². The molecule has 6 nitrogen and oxygen atoms in total. The van der Waals surface area contributed by atoms with Gasteiger partial charge in [-0.2, -0.15) is 0 Å². The molecule has 0 unspecified atom stereocenters. The predicted octanol–water partition coefficient (Wildman–Crippen LogP) is 15.5. The molecule has 65 heavy (non-hydrogen) atoms. The number of para-hydroxylation sites is 1. The van der Waals surface area contributed by atoms with Gasteiger partial charge in [-0.1, -0.05) is 158 Å². The fourth-order valence-electron chi connectivity index (χ4n) is 9.22. The van der Waals surface area contributed by atoms with Gasteiger partial charge in [0.15, 0.2) is 23.1 Å². The molecule has 0 aliphatic heterocycles. The summed E-state index contributed by atoms with van der Waals surface area (Å²) in [5.41, 5.74) is 13.2. The number of rotatable bonds is 7. The van der Waals surface area contributed by atoms with Crippen LogP contribution in [-0.2, 0) is 0 Å². The van der Waals surface area contributed by atoms with E-state index in [1.165, 1.54) is 53.2 Å². The van der Waals surface area contributed by atoms with E-state index in [2.05, 4.69) is 138 Å². The maximum absolute atomic E-state index is 6.46. The van der Waals surface area contributed by atoms with Gasteiger partial charge in [0.2, 0.25) is 5.89 Å². The van der Waals surface area contributed by atoms with E-state index in [1.807, 2.05) is 90.2 Å². The van der Waals surface area contributed by atoms with E-state index in [1.54, 1.807) is 0 Å². The van der Waals surface area contributed by atoms with Crippen LogP contribution in [0.15, 0.2) is 217 Å². The summed E-state index contributed by atoms with van der Waals surface area (Å²) < 4.78 is 11.4. The van der Waals surface area contributed by atoms with Crippen LogP contribution in [0.1, 0.15) is 0 Å². The van der Waals surface area contributed by atoms with E-state index in [0.29, 0.717) is 28.9 Å². The fraction of sp³-hybridized carbons (Fsp3) is 0. The number of hydrogen-bond acceptors (Lipinski definition) is 6. The lowest BCUT2D eigenvalue weighted by molar-refractivity contribution is 0.620. The Hall–Kier alpha value is -8.52. The van der Waals surface area contributed by atoms with Crippen molar-refractivity contribution in [1.82, 2.24) is 24.5 Å². The normalized spacial score (nSPS) is 11.7. The van der Waals surface area contributed by atoms with Gasteiger partial charge in [0.1, 0.15) is 5.52 Å². The quantitative estimate of drug-likeness (QED) is 0.160. The third-order valence-electron chi connectivity index (χ3n) is 12.3. The maximum atomic E-state index is 6.46. The van der Waals surface area contributed by atoms with Gasteiger partial charge >= 0.3 is 0 Å². The summed E-state index contributed by atoms with van der Waals surface area (Å²) in [5, 5.41) is 4.98. The van der Waals surface area contributed by atoms with Crippen LogP contribution in [0.25, 0.3) is 127 Å². The molecule has 0 atom stereocenters. The average molecular weight is 850 g/mol. The molecule has 0 saturated carbocycles. The van der Waals surface area contributed by atoms with Crippen molar-refractivity contribution in [3.8, 4) is 73.6 Å². The van der Waals surface area contributed by atoms with Gasteiger partial charge in [0.25, 0.3) is 0 Å². The van der Waals surface area contributed by atoms with E-state index >= 15 is 0 Å². The minimum absolute atomic E-state index is 0.541. The molecular weight excluding hydrogens is 815 g/mol. The molecule has 304 valence electrons.